The Hall–Kier alpha value is -2.50. The Kier molecular flexibility index (Phi) is 6.44. The van der Waals surface area contributed by atoms with E-state index in [4.69, 9.17) is 14.6 Å². The molecule has 120 valence electrons. The molecule has 1 aromatic carbocycles. The van der Waals surface area contributed by atoms with Crippen LogP contribution in [0.1, 0.15) is 19.4 Å². The Balaban J connectivity index is 2.63. The lowest BCUT2D eigenvalue weighted by atomic mass is 10.1. The number of carboxylic acid groups (broad SMARTS) is 1. The first-order valence-corrected chi connectivity index (χ1v) is 6.80. The Morgan fingerprint density at radius 2 is 1.73 bits per heavy atom. The second kappa shape index (κ2) is 8.07. The van der Waals surface area contributed by atoms with Crippen molar-refractivity contribution in [1.29, 1.82) is 0 Å². The molecule has 6 heteroatoms. The van der Waals surface area contributed by atoms with Gasteiger partial charge in [-0.1, -0.05) is 6.07 Å². The van der Waals surface area contributed by atoms with Gasteiger partial charge in [-0.05, 0) is 38.0 Å². The highest BCUT2D eigenvalue weighted by atomic mass is 16.5. The molecular formula is C16H21NO5. The maximum atomic E-state index is 11.8. The molecule has 0 spiro atoms. The van der Waals surface area contributed by atoms with Crippen LogP contribution in [-0.4, -0.2) is 37.7 Å². The molecule has 0 aliphatic heterocycles. The predicted octanol–water partition coefficient (Wildman–Crippen LogP) is 1.78. The molecule has 2 N–H and O–H groups in total. The van der Waals surface area contributed by atoms with E-state index in [2.05, 4.69) is 5.32 Å². The van der Waals surface area contributed by atoms with Gasteiger partial charge in [0.1, 0.15) is 0 Å². The normalized spacial score (nSPS) is 11.5. The average molecular weight is 307 g/mol. The van der Waals surface area contributed by atoms with Crippen molar-refractivity contribution in [2.24, 2.45) is 0 Å². The van der Waals surface area contributed by atoms with E-state index in [0.717, 1.165) is 5.56 Å². The number of hydrogen-bond donors (Lipinski definition) is 2. The smallest absolute Gasteiger partial charge is 0.331 e. The summed E-state index contributed by atoms with van der Waals surface area (Å²) in [6.07, 6.45) is 0.603. The van der Waals surface area contributed by atoms with Gasteiger partial charge >= 0.3 is 5.97 Å². The van der Waals surface area contributed by atoms with Gasteiger partial charge in [0.25, 0.3) is 0 Å². The summed E-state index contributed by atoms with van der Waals surface area (Å²) < 4.78 is 10.4. The molecule has 0 unspecified atom stereocenters. The van der Waals surface area contributed by atoms with Crippen molar-refractivity contribution in [2.45, 2.75) is 20.3 Å². The van der Waals surface area contributed by atoms with Crippen LogP contribution in [0.15, 0.2) is 29.3 Å². The fourth-order valence-electron chi connectivity index (χ4n) is 1.82. The largest absolute Gasteiger partial charge is 0.493 e. The fraction of sp³-hybridized carbons (Fsp3) is 0.375. The molecule has 0 atom stereocenters. The SMILES string of the molecule is COc1ccc(CCNC(=O)/C(C)=C(/C)C(=O)O)cc1OC. The molecule has 0 aromatic heterocycles. The molecule has 0 aliphatic carbocycles. The molecule has 0 saturated carbocycles. The number of nitrogens with one attached hydrogen (secondary N) is 1. The van der Waals surface area contributed by atoms with Crippen molar-refractivity contribution in [3.8, 4) is 11.5 Å². The van der Waals surface area contributed by atoms with Crippen LogP contribution in [0.4, 0.5) is 0 Å². The zero-order valence-corrected chi connectivity index (χ0v) is 13.2. The third-order valence-electron chi connectivity index (χ3n) is 3.37. The molecule has 0 aliphatic rings. The topological polar surface area (TPSA) is 84.9 Å². The molecule has 0 heterocycles. The first kappa shape index (κ1) is 17.6. The minimum atomic E-state index is -1.09. The maximum Gasteiger partial charge on any atom is 0.331 e. The minimum Gasteiger partial charge on any atom is -0.493 e. The lowest BCUT2D eigenvalue weighted by molar-refractivity contribution is -0.133. The summed E-state index contributed by atoms with van der Waals surface area (Å²) in [6, 6.07) is 5.53. The van der Waals surface area contributed by atoms with Crippen molar-refractivity contribution in [3.63, 3.8) is 0 Å². The van der Waals surface area contributed by atoms with Crippen molar-refractivity contribution in [2.75, 3.05) is 20.8 Å². The van der Waals surface area contributed by atoms with E-state index in [1.165, 1.54) is 13.8 Å². The minimum absolute atomic E-state index is 0.0450. The zero-order chi connectivity index (χ0) is 16.7. The Morgan fingerprint density at radius 3 is 2.27 bits per heavy atom. The van der Waals surface area contributed by atoms with Crippen molar-refractivity contribution in [3.05, 3.63) is 34.9 Å². The summed E-state index contributed by atoms with van der Waals surface area (Å²) in [5.41, 5.74) is 1.23. The molecule has 6 nitrogen and oxygen atoms in total. The molecule has 1 amide bonds. The fourth-order valence-corrected chi connectivity index (χ4v) is 1.82. The van der Waals surface area contributed by atoms with Crippen molar-refractivity contribution < 1.29 is 24.2 Å². The van der Waals surface area contributed by atoms with E-state index in [1.807, 2.05) is 12.1 Å². The quantitative estimate of drug-likeness (QED) is 0.750. The van der Waals surface area contributed by atoms with Gasteiger partial charge in [0, 0.05) is 17.7 Å². The van der Waals surface area contributed by atoms with E-state index >= 15 is 0 Å². The van der Waals surface area contributed by atoms with Gasteiger partial charge in [0.05, 0.1) is 14.2 Å². The van der Waals surface area contributed by atoms with Gasteiger partial charge in [-0.2, -0.15) is 0 Å². The van der Waals surface area contributed by atoms with E-state index in [-0.39, 0.29) is 17.1 Å². The lowest BCUT2D eigenvalue weighted by Crippen LogP contribution is -2.27. The molecule has 0 saturated heterocycles. The van der Waals surface area contributed by atoms with Gasteiger partial charge in [-0.3, -0.25) is 4.79 Å². The first-order chi connectivity index (χ1) is 10.4. The van der Waals surface area contributed by atoms with E-state index in [0.29, 0.717) is 24.5 Å². The summed E-state index contributed by atoms with van der Waals surface area (Å²) in [5.74, 6) is -0.191. The summed E-state index contributed by atoms with van der Waals surface area (Å²) in [6.45, 7) is 3.30. The van der Waals surface area contributed by atoms with Gasteiger partial charge in [0.15, 0.2) is 11.5 Å². The van der Waals surface area contributed by atoms with Crippen LogP contribution >= 0.6 is 0 Å². The number of methoxy groups -OCH3 is 2. The van der Waals surface area contributed by atoms with E-state index in [9.17, 15) is 9.59 Å². The van der Waals surface area contributed by atoms with Crippen molar-refractivity contribution in [1.82, 2.24) is 5.32 Å². The van der Waals surface area contributed by atoms with Crippen molar-refractivity contribution >= 4 is 11.9 Å². The number of carbonyl (C=O) groups is 2. The number of benzene rings is 1. The number of aliphatic carboxylic acids is 1. The van der Waals surface area contributed by atoms with Crippen LogP contribution < -0.4 is 14.8 Å². The highest BCUT2D eigenvalue weighted by molar-refractivity contribution is 6.01. The predicted molar refractivity (Wildman–Crippen MR) is 82.3 cm³/mol. The van der Waals surface area contributed by atoms with E-state index in [1.54, 1.807) is 20.3 Å². The molecular weight excluding hydrogens is 286 g/mol. The average Bonchev–Trinajstić information content (AvgIpc) is 2.52. The summed E-state index contributed by atoms with van der Waals surface area (Å²) in [5, 5.41) is 11.5. The van der Waals surface area contributed by atoms with Gasteiger partial charge in [0.2, 0.25) is 5.91 Å². The third kappa shape index (κ3) is 4.51. The first-order valence-electron chi connectivity index (χ1n) is 6.80. The molecule has 22 heavy (non-hydrogen) atoms. The number of hydrogen-bond acceptors (Lipinski definition) is 4. The molecule has 0 radical (unpaired) electrons. The highest BCUT2D eigenvalue weighted by Gasteiger charge is 2.12. The van der Waals surface area contributed by atoms with E-state index < -0.39 is 5.97 Å². The van der Waals surface area contributed by atoms with Gasteiger partial charge in [-0.25, -0.2) is 4.79 Å². The van der Waals surface area contributed by atoms with Crippen LogP contribution in [0.3, 0.4) is 0 Å². The number of ether oxygens (including phenoxy) is 2. The standard InChI is InChI=1S/C16H21NO5/c1-10(11(2)16(19)20)15(18)17-8-7-12-5-6-13(21-3)14(9-12)22-4/h5-6,9H,7-8H2,1-4H3,(H,17,18)(H,19,20)/b11-10-. The molecule has 0 bridgehead atoms. The molecule has 1 aromatic rings. The number of carbonyl (C=O) groups excluding carboxylic acids is 1. The maximum absolute atomic E-state index is 11.8. The summed E-state index contributed by atoms with van der Waals surface area (Å²) in [4.78, 5) is 22.6. The number of carboxylic acids is 1. The van der Waals surface area contributed by atoms with Crippen LogP contribution in [0.2, 0.25) is 0 Å². The summed E-state index contributed by atoms with van der Waals surface area (Å²) >= 11 is 0. The number of rotatable bonds is 7. The van der Waals surface area contributed by atoms with Gasteiger partial charge in [-0.15, -0.1) is 0 Å². The third-order valence-corrected chi connectivity index (χ3v) is 3.37. The van der Waals surface area contributed by atoms with Crippen LogP contribution in [0.25, 0.3) is 0 Å². The number of amides is 1. The second-order valence-corrected chi connectivity index (χ2v) is 4.75. The summed E-state index contributed by atoms with van der Waals surface area (Å²) in [7, 11) is 3.13. The van der Waals surface area contributed by atoms with Crippen LogP contribution in [-0.2, 0) is 16.0 Å². The Bertz CT molecular complexity index is 592. The molecule has 0 fully saturated rings. The monoisotopic (exact) mass is 307 g/mol. The lowest BCUT2D eigenvalue weighted by Gasteiger charge is -2.10. The van der Waals surface area contributed by atoms with Gasteiger partial charge < -0.3 is 19.9 Å². The Labute approximate surface area is 129 Å². The Morgan fingerprint density at radius 1 is 1.09 bits per heavy atom. The second-order valence-electron chi connectivity index (χ2n) is 4.75. The molecule has 1 rings (SSSR count). The zero-order valence-electron chi connectivity index (χ0n) is 13.2. The van der Waals surface area contributed by atoms with Crippen LogP contribution in [0.5, 0.6) is 11.5 Å². The highest BCUT2D eigenvalue weighted by Crippen LogP contribution is 2.27. The van der Waals surface area contributed by atoms with Crippen LogP contribution in [0, 0.1) is 0 Å².